The third kappa shape index (κ3) is 7.45. The molecule has 7 nitrogen and oxygen atoms in total. The summed E-state index contributed by atoms with van der Waals surface area (Å²) in [4.78, 5) is 11.9. The van der Waals surface area contributed by atoms with Crippen LogP contribution in [0.25, 0.3) is 0 Å². The van der Waals surface area contributed by atoms with E-state index in [1.165, 1.54) is 18.2 Å². The lowest BCUT2D eigenvalue weighted by Gasteiger charge is -2.24. The van der Waals surface area contributed by atoms with E-state index in [0.29, 0.717) is 30.2 Å². The first-order chi connectivity index (χ1) is 18.3. The van der Waals surface area contributed by atoms with Crippen molar-refractivity contribution in [3.05, 3.63) is 77.4 Å². The number of alkyl halides is 6. The van der Waals surface area contributed by atoms with Crippen LogP contribution in [0.4, 0.5) is 42.5 Å². The Labute approximate surface area is 225 Å². The number of hydrogen-bond donors (Lipinski definition) is 3. The van der Waals surface area contributed by atoms with Crippen LogP contribution in [0.1, 0.15) is 43.9 Å². The number of carbonyl (C=O) groups is 1. The second-order valence-corrected chi connectivity index (χ2v) is 10.7. The van der Waals surface area contributed by atoms with Crippen molar-refractivity contribution in [1.29, 1.82) is 0 Å². The molecule has 0 heterocycles. The highest BCUT2D eigenvalue weighted by molar-refractivity contribution is 7.86. The van der Waals surface area contributed by atoms with Gasteiger partial charge in [-0.05, 0) is 65.9 Å². The Bertz CT molecular complexity index is 1520. The number of hydrogen-bond acceptors (Lipinski definition) is 4. The summed E-state index contributed by atoms with van der Waals surface area (Å²) in [5, 5.41) is 4.18. The van der Waals surface area contributed by atoms with Gasteiger partial charge in [-0.25, -0.2) is 4.79 Å². The van der Waals surface area contributed by atoms with Crippen molar-refractivity contribution >= 4 is 27.5 Å². The van der Waals surface area contributed by atoms with Gasteiger partial charge in [-0.1, -0.05) is 32.9 Å². The minimum atomic E-state index is -4.87. The Balaban J connectivity index is 2.01. The van der Waals surface area contributed by atoms with Gasteiger partial charge in [-0.15, -0.1) is 0 Å². The van der Waals surface area contributed by atoms with E-state index in [0.717, 1.165) is 24.3 Å². The van der Waals surface area contributed by atoms with Gasteiger partial charge >= 0.3 is 18.4 Å². The first kappa shape index (κ1) is 30.8. The molecule has 0 saturated carbocycles. The van der Waals surface area contributed by atoms with Crippen molar-refractivity contribution < 1.29 is 48.8 Å². The Hall–Kier alpha value is -3.78. The highest BCUT2D eigenvalue weighted by Crippen LogP contribution is 2.40. The quantitative estimate of drug-likeness (QED) is 0.191. The van der Waals surface area contributed by atoms with Gasteiger partial charge in [-0.2, -0.15) is 34.8 Å². The van der Waals surface area contributed by atoms with Crippen LogP contribution >= 0.6 is 0 Å². The zero-order valence-electron chi connectivity index (χ0n) is 21.2. The van der Waals surface area contributed by atoms with E-state index >= 15 is 0 Å². The second-order valence-electron chi connectivity index (χ2n) is 9.34. The molecular weight excluding hydrogens is 566 g/mol. The number of urea groups is 1. The van der Waals surface area contributed by atoms with Gasteiger partial charge in [0.25, 0.3) is 10.1 Å². The highest BCUT2D eigenvalue weighted by atomic mass is 32.2. The molecule has 0 saturated heterocycles. The van der Waals surface area contributed by atoms with Crippen molar-refractivity contribution in [1.82, 2.24) is 0 Å². The molecule has 216 valence electrons. The third-order valence-corrected chi connectivity index (χ3v) is 6.98. The molecule has 0 bridgehead atoms. The van der Waals surface area contributed by atoms with E-state index in [1.54, 1.807) is 0 Å². The van der Waals surface area contributed by atoms with Crippen molar-refractivity contribution in [2.75, 3.05) is 10.6 Å². The van der Waals surface area contributed by atoms with Crippen LogP contribution in [0.5, 0.6) is 11.5 Å². The molecular formula is C26H24F6N2O5S. The fourth-order valence-corrected chi connectivity index (χ4v) is 4.13. The first-order valence-corrected chi connectivity index (χ1v) is 13.0. The summed E-state index contributed by atoms with van der Waals surface area (Å²) in [6.45, 7) is 5.52. The van der Waals surface area contributed by atoms with Gasteiger partial charge in [-0.3, -0.25) is 4.55 Å². The maximum absolute atomic E-state index is 13.4. The van der Waals surface area contributed by atoms with Gasteiger partial charge in [0, 0.05) is 5.69 Å². The monoisotopic (exact) mass is 590 g/mol. The topological polar surface area (TPSA) is 105 Å². The highest BCUT2D eigenvalue weighted by Gasteiger charge is 2.33. The van der Waals surface area contributed by atoms with Crippen molar-refractivity contribution in [3.8, 4) is 11.5 Å². The van der Waals surface area contributed by atoms with Crippen LogP contribution in [-0.4, -0.2) is 19.0 Å². The molecule has 14 heteroatoms. The Morgan fingerprint density at radius 1 is 0.825 bits per heavy atom. The van der Waals surface area contributed by atoms with E-state index in [-0.39, 0.29) is 5.69 Å². The van der Waals surface area contributed by atoms with Gasteiger partial charge in [0.2, 0.25) is 0 Å². The molecule has 0 atom stereocenters. The van der Waals surface area contributed by atoms with Crippen molar-refractivity contribution in [3.63, 3.8) is 0 Å². The fraction of sp³-hybridized carbons (Fsp3) is 0.269. The molecule has 0 aliphatic heterocycles. The summed E-state index contributed by atoms with van der Waals surface area (Å²) in [6.07, 6.45) is -8.95. The summed E-state index contributed by atoms with van der Waals surface area (Å²) in [7, 11) is -4.87. The number of benzene rings is 3. The van der Waals surface area contributed by atoms with E-state index < -0.39 is 67.1 Å². The van der Waals surface area contributed by atoms with Crippen LogP contribution < -0.4 is 15.4 Å². The van der Waals surface area contributed by atoms with E-state index in [4.69, 9.17) is 4.74 Å². The van der Waals surface area contributed by atoms with Crippen molar-refractivity contribution in [2.45, 2.75) is 49.9 Å². The lowest BCUT2D eigenvalue weighted by Crippen LogP contribution is -2.21. The normalized spacial score (nSPS) is 12.7. The van der Waals surface area contributed by atoms with Crippen LogP contribution in [0.3, 0.4) is 0 Å². The molecule has 0 aliphatic carbocycles. The zero-order chi connectivity index (χ0) is 30.1. The SMILES string of the molecule is CCC(C)(C)c1ccc(Oc2ccc(C(F)(F)F)cc2NC(=O)Nc2cccc(C(F)(F)F)c2)c(S(=O)(=O)O)c1. The van der Waals surface area contributed by atoms with Crippen LogP contribution in [0.15, 0.2) is 65.6 Å². The predicted molar refractivity (Wildman–Crippen MR) is 135 cm³/mol. The largest absolute Gasteiger partial charge is 0.454 e. The molecule has 3 rings (SSSR count). The Morgan fingerprint density at radius 3 is 1.98 bits per heavy atom. The number of rotatable bonds is 7. The summed E-state index contributed by atoms with van der Waals surface area (Å²) in [6, 6.07) is 8.18. The molecule has 0 fully saturated rings. The Kier molecular flexibility index (Phi) is 8.46. The number of halogens is 6. The molecule has 0 spiro atoms. The summed E-state index contributed by atoms with van der Waals surface area (Å²) in [5.74, 6) is -0.890. The molecule has 0 radical (unpaired) electrons. The van der Waals surface area contributed by atoms with Crippen LogP contribution in [0.2, 0.25) is 0 Å². The summed E-state index contributed by atoms with van der Waals surface area (Å²) < 4.78 is 119. The lowest BCUT2D eigenvalue weighted by atomic mass is 9.82. The number of amides is 2. The molecule has 40 heavy (non-hydrogen) atoms. The summed E-state index contributed by atoms with van der Waals surface area (Å²) in [5.41, 5.74) is -3.13. The average molecular weight is 591 g/mol. The molecule has 0 aliphatic rings. The zero-order valence-corrected chi connectivity index (χ0v) is 22.1. The molecule has 0 unspecified atom stereocenters. The smallest absolute Gasteiger partial charge is 0.416 e. The maximum atomic E-state index is 13.4. The van der Waals surface area contributed by atoms with Crippen molar-refractivity contribution in [2.24, 2.45) is 0 Å². The number of ether oxygens (including phenoxy) is 1. The number of anilines is 2. The van der Waals surface area contributed by atoms with E-state index in [9.17, 15) is 44.1 Å². The standard InChI is InChI=1S/C26H24F6N2O5S/c1-4-24(2,3)15-8-11-21(22(14-15)40(36,37)38)39-20-10-9-17(26(30,31)32)13-19(20)34-23(35)33-18-7-5-6-16(12-18)25(27,28)29/h5-14H,4H2,1-3H3,(H2,33,34,35)(H,36,37,38). The average Bonchev–Trinajstić information content (AvgIpc) is 2.83. The predicted octanol–water partition coefficient (Wildman–Crippen LogP) is 8.09. The lowest BCUT2D eigenvalue weighted by molar-refractivity contribution is -0.138. The third-order valence-electron chi connectivity index (χ3n) is 6.11. The second kappa shape index (κ2) is 11.0. The minimum absolute atomic E-state index is 0.301. The summed E-state index contributed by atoms with van der Waals surface area (Å²) >= 11 is 0. The fourth-order valence-electron chi connectivity index (χ4n) is 3.49. The van der Waals surface area contributed by atoms with Gasteiger partial charge in [0.05, 0.1) is 16.8 Å². The van der Waals surface area contributed by atoms with E-state index in [1.807, 2.05) is 20.8 Å². The number of nitrogens with one attached hydrogen (secondary N) is 2. The van der Waals surface area contributed by atoms with Gasteiger partial charge in [0.1, 0.15) is 10.6 Å². The van der Waals surface area contributed by atoms with Gasteiger partial charge in [0.15, 0.2) is 5.75 Å². The molecule has 2 amide bonds. The molecule has 3 aromatic rings. The first-order valence-electron chi connectivity index (χ1n) is 11.6. The molecule has 3 aromatic carbocycles. The van der Waals surface area contributed by atoms with Crippen LogP contribution in [0, 0.1) is 0 Å². The molecule has 3 N–H and O–H groups in total. The van der Waals surface area contributed by atoms with E-state index in [2.05, 4.69) is 10.6 Å². The Morgan fingerprint density at radius 2 is 1.40 bits per heavy atom. The van der Waals surface area contributed by atoms with Gasteiger partial charge < -0.3 is 15.4 Å². The maximum Gasteiger partial charge on any atom is 0.416 e. The van der Waals surface area contributed by atoms with Crippen LogP contribution in [-0.2, 0) is 27.9 Å². The number of carbonyl (C=O) groups excluding carboxylic acids is 1. The minimum Gasteiger partial charge on any atom is -0.454 e. The molecule has 0 aromatic heterocycles.